The largest absolute Gasteiger partial charge is 0.394 e. The molecule has 31 nitrogen and oxygen atoms in total. The summed E-state index contributed by atoms with van der Waals surface area (Å²) in [6.45, 7) is -3.58. The predicted octanol–water partition coefficient (Wildman–Crippen LogP) is -12.5. The molecule has 5 aliphatic heterocycles. The molecule has 69 heavy (non-hydrogen) atoms. The minimum Gasteiger partial charge on any atom is -0.394 e. The maximum atomic E-state index is 12.6. The quantitative estimate of drug-likeness (QED) is 0.0475. The van der Waals surface area contributed by atoms with Crippen LogP contribution in [0.15, 0.2) is 0 Å². The number of carbonyl (C=O) groups is 3. The van der Waals surface area contributed by atoms with Crippen molar-refractivity contribution in [3.8, 4) is 0 Å². The van der Waals surface area contributed by atoms with Crippen LogP contribution in [0.3, 0.4) is 0 Å². The molecular weight excluding hydrogens is 946 g/mol. The van der Waals surface area contributed by atoms with E-state index in [0.717, 1.165) is 13.8 Å². The molecule has 0 saturated carbocycles. The number of aliphatic hydroxyl groups is 15. The lowest BCUT2D eigenvalue weighted by atomic mass is 9.94. The lowest BCUT2D eigenvalue weighted by Gasteiger charge is -2.50. The Kier molecular flexibility index (Phi) is 21.5. The van der Waals surface area contributed by atoms with Crippen molar-refractivity contribution in [1.82, 2.24) is 16.0 Å². The first kappa shape index (κ1) is 57.3. The Hall–Kier alpha value is -2.59. The molecule has 400 valence electrons. The monoisotopic (exact) mass is 1010 g/mol. The molecule has 5 fully saturated rings. The molecule has 0 unspecified atom stereocenters. The van der Waals surface area contributed by atoms with Crippen molar-refractivity contribution in [2.75, 3.05) is 46.2 Å². The normalized spacial score (nSPS) is 45.6. The summed E-state index contributed by atoms with van der Waals surface area (Å²) in [5, 5.41) is 167. The maximum absolute atomic E-state index is 12.6. The van der Waals surface area contributed by atoms with Gasteiger partial charge >= 0.3 is 0 Å². The molecule has 5 aliphatic rings. The summed E-state index contributed by atoms with van der Waals surface area (Å²) >= 11 is 0. The van der Waals surface area contributed by atoms with Crippen LogP contribution in [0, 0.1) is 0 Å². The van der Waals surface area contributed by atoms with E-state index >= 15 is 0 Å². The Morgan fingerprint density at radius 1 is 0.464 bits per heavy atom. The van der Waals surface area contributed by atoms with Crippen LogP contribution in [0.5, 0.6) is 0 Å². The van der Waals surface area contributed by atoms with Gasteiger partial charge in [-0.1, -0.05) is 0 Å². The highest BCUT2D eigenvalue weighted by Gasteiger charge is 2.57. The van der Waals surface area contributed by atoms with Crippen LogP contribution < -0.4 is 16.0 Å². The molecule has 5 rings (SSSR count). The summed E-state index contributed by atoms with van der Waals surface area (Å²) in [7, 11) is 0. The molecule has 31 heteroatoms. The van der Waals surface area contributed by atoms with E-state index < -0.39 is 218 Å². The van der Waals surface area contributed by atoms with E-state index in [1.54, 1.807) is 0 Å². The molecule has 5 saturated heterocycles. The predicted molar refractivity (Wildman–Crippen MR) is 214 cm³/mol. The summed E-state index contributed by atoms with van der Waals surface area (Å²) in [4.78, 5) is 35.4. The van der Waals surface area contributed by atoms with Gasteiger partial charge in [-0.05, 0) is 0 Å². The van der Waals surface area contributed by atoms with Gasteiger partial charge < -0.3 is 140 Å². The van der Waals surface area contributed by atoms with E-state index in [-0.39, 0.29) is 6.41 Å². The van der Waals surface area contributed by atoms with Gasteiger partial charge in [0.1, 0.15) is 122 Å². The molecule has 18 N–H and O–H groups in total. The van der Waals surface area contributed by atoms with Gasteiger partial charge in [-0.2, -0.15) is 0 Å². The molecule has 26 atom stereocenters. The van der Waals surface area contributed by atoms with Gasteiger partial charge in [0.05, 0.1) is 52.3 Å². The van der Waals surface area contributed by atoms with Gasteiger partial charge in [-0.15, -0.1) is 0 Å². The number of amides is 3. The van der Waals surface area contributed by atoms with Crippen molar-refractivity contribution in [1.29, 1.82) is 0 Å². The standard InChI is InChI=1S/C38H65N3O28/c1-11(49)40-19-23(53)21(51)14(4-43)61-34(19)66-30-17(7-46)65-38(29(59)26(30)56)69-33-20(41-12(2)50)35(62-15(5-44)22(33)52)67-31-18(8-47)64-37(28(58)25(31)55)68-32-16(6-45)63-36(27(57)24(32)54)60-9-13(3-42)39-10-48/h10,13-38,42-47,51-59H,3-9H2,1-2H3,(H,39,48)(H,40,49)(H,41,50)/t13-,14-,15-,16-,17-,18-,19-,20-,21+,22+,23-,24-,25-,26-,27-,28-,29-,30+,31+,32-,33-,34+,35+,36-,37+,38+/m1/s1. The Labute approximate surface area is 391 Å². The van der Waals surface area contributed by atoms with E-state index in [0.29, 0.717) is 0 Å². The van der Waals surface area contributed by atoms with Crippen LogP contribution in [-0.2, 0) is 61.8 Å². The molecule has 5 heterocycles. The molecule has 0 radical (unpaired) electrons. The van der Waals surface area contributed by atoms with E-state index in [2.05, 4.69) is 16.0 Å². The summed E-state index contributed by atoms with van der Waals surface area (Å²) in [6.07, 6.45) is -41.9. The third kappa shape index (κ3) is 13.2. The number of hydrogen-bond acceptors (Lipinski definition) is 28. The van der Waals surface area contributed by atoms with Crippen LogP contribution in [0.25, 0.3) is 0 Å². The van der Waals surface area contributed by atoms with Crippen LogP contribution in [0.2, 0.25) is 0 Å². The molecule has 0 bridgehead atoms. The van der Waals surface area contributed by atoms with E-state index in [1.165, 1.54) is 0 Å². The van der Waals surface area contributed by atoms with Gasteiger partial charge in [0, 0.05) is 13.8 Å². The number of hydrogen-bond donors (Lipinski definition) is 18. The number of nitrogens with one attached hydrogen (secondary N) is 3. The molecule has 0 spiro atoms. The molecule has 3 amide bonds. The number of carbonyl (C=O) groups excluding carboxylic acids is 3. The van der Waals surface area contributed by atoms with Crippen LogP contribution in [0.1, 0.15) is 13.8 Å². The van der Waals surface area contributed by atoms with Crippen molar-refractivity contribution in [2.45, 2.75) is 173 Å². The van der Waals surface area contributed by atoms with Crippen molar-refractivity contribution in [2.24, 2.45) is 0 Å². The maximum Gasteiger partial charge on any atom is 0.217 e. The average Bonchev–Trinajstić information content (AvgIpc) is 3.32. The Morgan fingerprint density at radius 2 is 0.826 bits per heavy atom. The Bertz CT molecular complexity index is 1610. The van der Waals surface area contributed by atoms with Crippen LogP contribution in [0.4, 0.5) is 0 Å². The van der Waals surface area contributed by atoms with Gasteiger partial charge in [0.15, 0.2) is 31.5 Å². The van der Waals surface area contributed by atoms with Crippen molar-refractivity contribution in [3.05, 3.63) is 0 Å². The summed E-state index contributed by atoms with van der Waals surface area (Å²) in [6, 6.07) is -4.17. The SMILES string of the molecule is CC(=O)N[C@H]1[C@H](O[C@@H]2[C@H](O)[C@@H](O)[C@H](O[C@H]3[C@@H](O)[C@@H](CO)O[C@@H](O[C@@H]4[C@H](O)[C@@H](O)[C@H](O[C@H]5[C@H](O)[C@@H](O)[C@H](OC[C@@H](CO)NC=O)O[C@@H]5CO)O[C@@H]4CO)[C@@H]3NC(C)=O)O[C@@H]2CO)O[C@H](CO)[C@H](O)[C@@H]1O. The van der Waals surface area contributed by atoms with Gasteiger partial charge in [-0.25, -0.2) is 0 Å². The minimum atomic E-state index is -2.16. The zero-order chi connectivity index (χ0) is 51.0. The first-order valence-electron chi connectivity index (χ1n) is 21.8. The zero-order valence-electron chi connectivity index (χ0n) is 37.1. The number of rotatable bonds is 21. The number of ether oxygens (including phenoxy) is 10. The Morgan fingerprint density at radius 3 is 1.25 bits per heavy atom. The lowest BCUT2D eigenvalue weighted by Crippen LogP contribution is -2.70. The van der Waals surface area contributed by atoms with Crippen molar-refractivity contribution in [3.63, 3.8) is 0 Å². The second kappa shape index (κ2) is 25.9. The van der Waals surface area contributed by atoms with E-state index in [9.17, 15) is 91.0 Å². The first-order chi connectivity index (χ1) is 32.8. The zero-order valence-corrected chi connectivity index (χ0v) is 37.1. The third-order valence-electron chi connectivity index (χ3n) is 12.1. The summed E-state index contributed by atoms with van der Waals surface area (Å²) in [5.74, 6) is -1.55. The first-order valence-corrected chi connectivity index (χ1v) is 21.8. The highest BCUT2D eigenvalue weighted by Crippen LogP contribution is 2.36. The average molecular weight is 1010 g/mol. The molecular formula is C38H65N3O28. The summed E-state index contributed by atoms with van der Waals surface area (Å²) < 4.78 is 57.1. The highest BCUT2D eigenvalue weighted by molar-refractivity contribution is 5.73. The smallest absolute Gasteiger partial charge is 0.217 e. The second-order valence-corrected chi connectivity index (χ2v) is 16.9. The molecule has 0 aromatic heterocycles. The highest BCUT2D eigenvalue weighted by atomic mass is 16.8. The third-order valence-corrected chi connectivity index (χ3v) is 12.1. The fraction of sp³-hybridized carbons (Fsp3) is 0.921. The number of aliphatic hydroxyl groups excluding tert-OH is 15. The van der Waals surface area contributed by atoms with E-state index in [4.69, 9.17) is 47.4 Å². The van der Waals surface area contributed by atoms with Crippen LogP contribution >= 0.6 is 0 Å². The fourth-order valence-electron chi connectivity index (χ4n) is 8.43. The van der Waals surface area contributed by atoms with Gasteiger partial charge in [0.25, 0.3) is 0 Å². The summed E-state index contributed by atoms with van der Waals surface area (Å²) in [5.41, 5.74) is 0. The van der Waals surface area contributed by atoms with Gasteiger partial charge in [0.2, 0.25) is 18.2 Å². The van der Waals surface area contributed by atoms with Crippen LogP contribution in [-0.4, -0.2) is 301 Å². The fourth-order valence-corrected chi connectivity index (χ4v) is 8.43. The van der Waals surface area contributed by atoms with Gasteiger partial charge in [-0.3, -0.25) is 14.4 Å². The topological polar surface area (TPSA) is 483 Å². The molecule has 0 aromatic carbocycles. The lowest BCUT2D eigenvalue weighted by molar-refractivity contribution is -0.383. The van der Waals surface area contributed by atoms with E-state index in [1.807, 2.05) is 0 Å². The minimum absolute atomic E-state index is 0.288. The Balaban J connectivity index is 1.32. The molecule has 0 aromatic rings. The molecule has 0 aliphatic carbocycles. The van der Waals surface area contributed by atoms with Crippen molar-refractivity contribution < 1.29 is 138 Å². The second-order valence-electron chi connectivity index (χ2n) is 16.9. The van der Waals surface area contributed by atoms with Crippen molar-refractivity contribution >= 4 is 18.2 Å².